The average molecular weight is 387 g/mol. The molecule has 110 valence electrons. The molecular formula is C13H8B2N8Y-. The fourth-order valence-corrected chi connectivity index (χ4v) is 2.08. The van der Waals surface area contributed by atoms with Gasteiger partial charge in [0.05, 0.1) is 0 Å². The van der Waals surface area contributed by atoms with Crippen molar-refractivity contribution in [2.24, 2.45) is 4.90 Å². The average Bonchev–Trinajstić information content (AvgIpc) is 3.19. The number of hydrogen-bond acceptors (Lipinski definition) is 5. The Kier molecular flexibility index (Phi) is 5.06. The van der Waals surface area contributed by atoms with Gasteiger partial charge in [-0.05, 0) is 0 Å². The minimum atomic E-state index is 0. The molecular weight excluding hydrogens is 379 g/mol. The van der Waals surface area contributed by atoms with Crippen LogP contribution in [0.4, 0.5) is 0 Å². The molecule has 0 aliphatic heterocycles. The van der Waals surface area contributed by atoms with Crippen LogP contribution >= 0.6 is 0 Å². The molecule has 0 spiro atoms. The maximum Gasteiger partial charge on any atom is 0.436 e. The van der Waals surface area contributed by atoms with E-state index in [-0.39, 0.29) is 32.7 Å². The Morgan fingerprint density at radius 2 is 2.00 bits per heavy atom. The predicted molar refractivity (Wildman–Crippen MR) is 83.7 cm³/mol. The second-order valence-electron chi connectivity index (χ2n) is 4.70. The van der Waals surface area contributed by atoms with Crippen molar-refractivity contribution in [2.45, 2.75) is 0 Å². The first-order chi connectivity index (χ1) is 11.3. The minimum absolute atomic E-state index is 0. The molecule has 0 saturated carbocycles. The number of rotatable bonds is 3. The van der Waals surface area contributed by atoms with Crippen LogP contribution in [0.3, 0.4) is 0 Å². The zero-order valence-electron chi connectivity index (χ0n) is 12.4. The standard InChI is InChI=1S/C13H8B2N8.Y/c14-10-8-22(21-17-10)15-16-11-6-7-12-18-19-13(23(12)20-11)9-4-2-1-3-5-9;/h1-5,7-8H,(H,16,20);/q-1;. The molecule has 11 heteroatoms. The van der Waals surface area contributed by atoms with Gasteiger partial charge in [-0.2, -0.15) is 6.07 Å². The number of benzene rings is 1. The van der Waals surface area contributed by atoms with Gasteiger partial charge in [-0.1, -0.05) is 35.5 Å². The van der Waals surface area contributed by atoms with Crippen LogP contribution in [0, 0.1) is 6.07 Å². The Morgan fingerprint density at radius 3 is 2.75 bits per heavy atom. The summed E-state index contributed by atoms with van der Waals surface area (Å²) in [6, 6.07) is 14.4. The third kappa shape index (κ3) is 3.39. The molecule has 0 unspecified atom stereocenters. The van der Waals surface area contributed by atoms with Gasteiger partial charge in [-0.15, -0.1) is 10.2 Å². The Bertz CT molecular complexity index is 1020. The molecule has 0 aliphatic rings. The van der Waals surface area contributed by atoms with E-state index >= 15 is 0 Å². The van der Waals surface area contributed by atoms with Crippen molar-refractivity contribution >= 4 is 26.6 Å². The largest absolute Gasteiger partial charge is 0.436 e. The molecule has 24 heavy (non-hydrogen) atoms. The number of aromatic amines is 1. The summed E-state index contributed by atoms with van der Waals surface area (Å²) in [5.41, 5.74) is 2.41. The van der Waals surface area contributed by atoms with Crippen molar-refractivity contribution in [3.63, 3.8) is 0 Å². The van der Waals surface area contributed by atoms with Crippen molar-refractivity contribution in [3.05, 3.63) is 54.1 Å². The van der Waals surface area contributed by atoms with Gasteiger partial charge in [-0.25, -0.2) is 11.2 Å². The normalized spacial score (nSPS) is 11.4. The van der Waals surface area contributed by atoms with Crippen LogP contribution in [0.15, 0.2) is 47.5 Å². The van der Waals surface area contributed by atoms with E-state index < -0.39 is 0 Å². The molecule has 3 heterocycles. The van der Waals surface area contributed by atoms with Crippen LogP contribution in [0.2, 0.25) is 0 Å². The first-order valence-corrected chi connectivity index (χ1v) is 6.76. The van der Waals surface area contributed by atoms with E-state index in [1.54, 1.807) is 16.8 Å². The van der Waals surface area contributed by atoms with Crippen molar-refractivity contribution < 1.29 is 32.7 Å². The molecule has 1 N–H and O–H groups in total. The third-order valence-electron chi connectivity index (χ3n) is 3.11. The van der Waals surface area contributed by atoms with Gasteiger partial charge in [0, 0.05) is 61.2 Å². The molecule has 0 bridgehead atoms. The molecule has 0 fully saturated rings. The predicted octanol–water partition coefficient (Wildman–Crippen LogP) is -1.11. The van der Waals surface area contributed by atoms with Gasteiger partial charge in [0.25, 0.3) is 0 Å². The fraction of sp³-hybridized carbons (Fsp3) is 0. The molecule has 0 atom stereocenters. The number of aromatic nitrogens is 7. The Balaban J connectivity index is 0.00000169. The summed E-state index contributed by atoms with van der Waals surface area (Å²) >= 11 is 0. The monoisotopic (exact) mass is 387 g/mol. The van der Waals surface area contributed by atoms with E-state index in [0.717, 1.165) is 5.56 Å². The van der Waals surface area contributed by atoms with E-state index in [0.29, 0.717) is 22.6 Å². The van der Waals surface area contributed by atoms with E-state index in [1.165, 1.54) is 12.1 Å². The van der Waals surface area contributed by atoms with E-state index in [1.807, 2.05) is 30.3 Å². The van der Waals surface area contributed by atoms with E-state index in [9.17, 15) is 0 Å². The van der Waals surface area contributed by atoms with Gasteiger partial charge < -0.3 is 10.0 Å². The summed E-state index contributed by atoms with van der Waals surface area (Å²) in [6.07, 6.45) is 1.55. The van der Waals surface area contributed by atoms with Gasteiger partial charge >= 0.3 is 7.55 Å². The fourth-order valence-electron chi connectivity index (χ4n) is 2.08. The SMILES string of the molecule is [B]c1cn([B]/N=c2\[c-]cc3nnc(-c4ccccc4)n3[nH]2)nn1.[Y]. The van der Waals surface area contributed by atoms with Crippen LogP contribution < -0.4 is 11.1 Å². The van der Waals surface area contributed by atoms with Gasteiger partial charge in [0.15, 0.2) is 5.82 Å². The quantitative estimate of drug-likeness (QED) is 0.357. The minimum Gasteiger partial charge on any atom is -0.318 e. The zero-order valence-corrected chi connectivity index (χ0v) is 15.2. The van der Waals surface area contributed by atoms with Crippen LogP contribution in [0.25, 0.3) is 17.0 Å². The third-order valence-corrected chi connectivity index (χ3v) is 3.11. The van der Waals surface area contributed by atoms with E-state index in [2.05, 4.69) is 36.6 Å². The molecule has 4 radical (unpaired) electrons. The summed E-state index contributed by atoms with van der Waals surface area (Å²) in [5.74, 6) is 0.691. The van der Waals surface area contributed by atoms with Gasteiger partial charge in [0.2, 0.25) is 0 Å². The first kappa shape index (κ1) is 16.8. The number of hydrogen-bond donors (Lipinski definition) is 1. The second kappa shape index (κ2) is 7.23. The number of nitrogens with one attached hydrogen (secondary N) is 1. The van der Waals surface area contributed by atoms with Crippen LogP contribution in [0.1, 0.15) is 0 Å². The molecule has 0 aliphatic carbocycles. The van der Waals surface area contributed by atoms with E-state index in [4.69, 9.17) is 7.85 Å². The van der Waals surface area contributed by atoms with Gasteiger partial charge in [-0.3, -0.25) is 9.11 Å². The summed E-state index contributed by atoms with van der Waals surface area (Å²) in [5, 5.41) is 18.9. The number of nitrogens with zero attached hydrogens (tertiary/aromatic N) is 7. The Labute approximate surface area is 164 Å². The molecule has 0 saturated heterocycles. The topological polar surface area (TPSA) is 89.0 Å². The molecule has 3 aromatic heterocycles. The summed E-state index contributed by atoms with van der Waals surface area (Å²) in [6.45, 7) is 0. The summed E-state index contributed by atoms with van der Waals surface area (Å²) < 4.78 is 3.15. The Hall–Kier alpha value is -2.06. The Morgan fingerprint density at radius 1 is 1.17 bits per heavy atom. The van der Waals surface area contributed by atoms with Crippen molar-refractivity contribution in [2.75, 3.05) is 0 Å². The summed E-state index contributed by atoms with van der Waals surface area (Å²) in [7, 11) is 6.98. The number of H-pyrrole nitrogens is 1. The van der Waals surface area contributed by atoms with Gasteiger partial charge in [0.1, 0.15) is 7.85 Å². The van der Waals surface area contributed by atoms with Crippen LogP contribution in [0.5, 0.6) is 0 Å². The van der Waals surface area contributed by atoms with Crippen molar-refractivity contribution in [3.8, 4) is 11.4 Å². The zero-order chi connectivity index (χ0) is 15.6. The summed E-state index contributed by atoms with van der Waals surface area (Å²) in [4.78, 5) is 4.25. The molecule has 4 rings (SSSR count). The van der Waals surface area contributed by atoms with Crippen molar-refractivity contribution in [1.82, 2.24) is 34.7 Å². The smallest absolute Gasteiger partial charge is 0.318 e. The van der Waals surface area contributed by atoms with Crippen LogP contribution in [-0.4, -0.2) is 50.1 Å². The molecule has 4 aromatic rings. The molecule has 8 nitrogen and oxygen atoms in total. The maximum atomic E-state index is 5.50. The number of fused-ring (bicyclic) bond motifs is 1. The van der Waals surface area contributed by atoms with Crippen molar-refractivity contribution in [1.29, 1.82) is 0 Å². The molecule has 0 amide bonds. The van der Waals surface area contributed by atoms with Crippen LogP contribution in [-0.2, 0) is 32.7 Å². The maximum absolute atomic E-state index is 5.50. The first-order valence-electron chi connectivity index (χ1n) is 6.76. The molecule has 1 aromatic carbocycles. The second-order valence-corrected chi connectivity index (χ2v) is 4.70.